The summed E-state index contributed by atoms with van der Waals surface area (Å²) in [6.07, 6.45) is 0. The van der Waals surface area contributed by atoms with Crippen molar-refractivity contribution in [3.8, 4) is 11.3 Å². The Morgan fingerprint density at radius 2 is 1.94 bits per heavy atom. The minimum atomic E-state index is -3.90. The van der Waals surface area contributed by atoms with Crippen LogP contribution in [0.5, 0.6) is 0 Å². The van der Waals surface area contributed by atoms with Gasteiger partial charge in [-0.25, -0.2) is 8.42 Å². The molecule has 0 fully saturated rings. The molecule has 0 aliphatic rings. The first-order valence-corrected chi connectivity index (χ1v) is 6.83. The number of benzene rings is 1. The highest BCUT2D eigenvalue weighted by Gasteiger charge is 2.18. The third-order valence-corrected chi connectivity index (χ3v) is 3.34. The Balaban J connectivity index is 2.52. The number of nitrogens with zero attached hydrogens (tertiary/aromatic N) is 1. The standard InChI is InChI=1S/C9H5Cl2NO3S/c10-7-4-2-1-3-6(7)8-5-9(15-12-8)16(11,13)14/h1-5H. The molecule has 0 saturated carbocycles. The molecule has 0 amide bonds. The summed E-state index contributed by atoms with van der Waals surface area (Å²) in [7, 11) is 1.20. The van der Waals surface area contributed by atoms with Gasteiger partial charge in [0.05, 0.1) is 5.02 Å². The molecular weight excluding hydrogens is 273 g/mol. The van der Waals surface area contributed by atoms with Crippen LogP contribution in [0.3, 0.4) is 0 Å². The van der Waals surface area contributed by atoms with Gasteiger partial charge in [0.25, 0.3) is 14.1 Å². The van der Waals surface area contributed by atoms with Gasteiger partial charge in [-0.1, -0.05) is 35.0 Å². The first-order valence-electron chi connectivity index (χ1n) is 4.15. The van der Waals surface area contributed by atoms with Gasteiger partial charge in [0.15, 0.2) is 0 Å². The van der Waals surface area contributed by atoms with Crippen molar-refractivity contribution in [1.29, 1.82) is 0 Å². The Hall–Kier alpha value is -1.04. The lowest BCUT2D eigenvalue weighted by Gasteiger charge is -1.96. The van der Waals surface area contributed by atoms with E-state index in [0.717, 1.165) is 0 Å². The number of hydrogen-bond acceptors (Lipinski definition) is 4. The van der Waals surface area contributed by atoms with Gasteiger partial charge >= 0.3 is 0 Å². The molecular formula is C9H5Cl2NO3S. The van der Waals surface area contributed by atoms with E-state index in [0.29, 0.717) is 16.3 Å². The molecule has 4 nitrogen and oxygen atoms in total. The maximum absolute atomic E-state index is 11.0. The van der Waals surface area contributed by atoms with Crippen molar-refractivity contribution in [1.82, 2.24) is 5.16 Å². The lowest BCUT2D eigenvalue weighted by molar-refractivity contribution is 0.343. The molecule has 1 aromatic carbocycles. The van der Waals surface area contributed by atoms with Crippen LogP contribution < -0.4 is 0 Å². The van der Waals surface area contributed by atoms with Crippen molar-refractivity contribution in [2.45, 2.75) is 5.09 Å². The molecule has 1 aromatic heterocycles. The van der Waals surface area contributed by atoms with Crippen LogP contribution in [-0.2, 0) is 9.05 Å². The van der Waals surface area contributed by atoms with E-state index in [9.17, 15) is 8.42 Å². The predicted molar refractivity (Wildman–Crippen MR) is 60.0 cm³/mol. The van der Waals surface area contributed by atoms with E-state index in [1.54, 1.807) is 24.3 Å². The van der Waals surface area contributed by atoms with Crippen molar-refractivity contribution < 1.29 is 12.9 Å². The van der Waals surface area contributed by atoms with Gasteiger partial charge in [0.1, 0.15) is 5.69 Å². The van der Waals surface area contributed by atoms with Gasteiger partial charge in [-0.3, -0.25) is 0 Å². The van der Waals surface area contributed by atoms with Crippen molar-refractivity contribution in [3.63, 3.8) is 0 Å². The van der Waals surface area contributed by atoms with Gasteiger partial charge in [-0.15, -0.1) is 0 Å². The van der Waals surface area contributed by atoms with E-state index in [-0.39, 0.29) is 0 Å². The zero-order valence-electron chi connectivity index (χ0n) is 7.72. The Morgan fingerprint density at radius 3 is 2.50 bits per heavy atom. The molecule has 1 heterocycles. The van der Waals surface area contributed by atoms with Crippen LogP contribution in [-0.4, -0.2) is 13.6 Å². The monoisotopic (exact) mass is 277 g/mol. The SMILES string of the molecule is O=S(=O)(Cl)c1cc(-c2ccccc2Cl)no1. The van der Waals surface area contributed by atoms with Crippen molar-refractivity contribution in [2.24, 2.45) is 0 Å². The summed E-state index contributed by atoms with van der Waals surface area (Å²) in [6, 6.07) is 8.10. The fourth-order valence-electron chi connectivity index (χ4n) is 1.17. The van der Waals surface area contributed by atoms with Crippen molar-refractivity contribution >= 4 is 31.3 Å². The fraction of sp³-hybridized carbons (Fsp3) is 0. The van der Waals surface area contributed by atoms with Gasteiger partial charge in [0.2, 0.25) is 0 Å². The Kier molecular flexibility index (Phi) is 2.92. The average molecular weight is 278 g/mol. The number of rotatable bonds is 2. The molecule has 0 unspecified atom stereocenters. The summed E-state index contributed by atoms with van der Waals surface area (Å²) in [5.41, 5.74) is 0.907. The molecule has 16 heavy (non-hydrogen) atoms. The van der Waals surface area contributed by atoms with E-state index in [1.165, 1.54) is 6.07 Å². The zero-order valence-corrected chi connectivity index (χ0v) is 10.1. The normalized spacial score (nSPS) is 11.6. The third-order valence-electron chi connectivity index (χ3n) is 1.88. The minimum absolute atomic E-state index is 0.324. The molecule has 0 spiro atoms. The van der Waals surface area contributed by atoms with Gasteiger partial charge < -0.3 is 4.52 Å². The second kappa shape index (κ2) is 4.08. The first-order chi connectivity index (χ1) is 7.48. The smallest absolute Gasteiger partial charge is 0.297 e. The van der Waals surface area contributed by atoms with E-state index in [2.05, 4.69) is 9.68 Å². The summed E-state index contributed by atoms with van der Waals surface area (Å²) < 4.78 is 26.5. The number of halogens is 2. The number of hydrogen-bond donors (Lipinski definition) is 0. The minimum Gasteiger partial charge on any atom is -0.343 e. The van der Waals surface area contributed by atoms with Crippen LogP contribution in [0.1, 0.15) is 0 Å². The van der Waals surface area contributed by atoms with Gasteiger partial charge in [-0.05, 0) is 6.07 Å². The maximum Gasteiger partial charge on any atom is 0.297 e. The maximum atomic E-state index is 11.0. The average Bonchev–Trinajstić information content (AvgIpc) is 2.66. The first kappa shape index (κ1) is 11.4. The van der Waals surface area contributed by atoms with E-state index >= 15 is 0 Å². The molecule has 2 rings (SSSR count). The second-order valence-electron chi connectivity index (χ2n) is 2.95. The summed E-state index contributed by atoms with van der Waals surface area (Å²) in [5, 5.41) is 3.64. The Labute approximate surface area is 101 Å². The van der Waals surface area contributed by atoms with E-state index < -0.39 is 14.1 Å². The molecule has 0 N–H and O–H groups in total. The molecule has 0 aliphatic heterocycles. The highest BCUT2D eigenvalue weighted by Crippen LogP contribution is 2.28. The number of aromatic nitrogens is 1. The molecule has 0 radical (unpaired) electrons. The molecule has 2 aromatic rings. The largest absolute Gasteiger partial charge is 0.343 e. The van der Waals surface area contributed by atoms with Crippen molar-refractivity contribution in [2.75, 3.05) is 0 Å². The highest BCUT2D eigenvalue weighted by molar-refractivity contribution is 8.13. The van der Waals surface area contributed by atoms with Crippen molar-refractivity contribution in [3.05, 3.63) is 35.4 Å². The van der Waals surface area contributed by atoms with Crippen LogP contribution in [0.2, 0.25) is 5.02 Å². The predicted octanol–water partition coefficient (Wildman–Crippen LogP) is 2.92. The van der Waals surface area contributed by atoms with Crippen LogP contribution in [0, 0.1) is 0 Å². The zero-order chi connectivity index (χ0) is 11.8. The Morgan fingerprint density at radius 1 is 1.25 bits per heavy atom. The van der Waals surface area contributed by atoms with E-state index in [4.69, 9.17) is 22.3 Å². The second-order valence-corrected chi connectivity index (χ2v) is 5.85. The summed E-state index contributed by atoms with van der Waals surface area (Å²) in [6.45, 7) is 0. The van der Waals surface area contributed by atoms with Crippen LogP contribution in [0.4, 0.5) is 0 Å². The lowest BCUT2D eigenvalue weighted by atomic mass is 10.2. The summed E-state index contributed by atoms with van der Waals surface area (Å²) >= 11 is 5.92. The van der Waals surface area contributed by atoms with Gasteiger partial charge in [-0.2, -0.15) is 0 Å². The molecule has 0 aliphatic carbocycles. The summed E-state index contributed by atoms with van der Waals surface area (Å²) in [4.78, 5) is 0. The summed E-state index contributed by atoms with van der Waals surface area (Å²) in [5.74, 6) is 0. The fourth-order valence-corrected chi connectivity index (χ4v) is 2.00. The topological polar surface area (TPSA) is 60.2 Å². The Bertz CT molecular complexity index is 621. The lowest BCUT2D eigenvalue weighted by Crippen LogP contribution is -1.85. The molecule has 0 bridgehead atoms. The molecule has 0 saturated heterocycles. The van der Waals surface area contributed by atoms with Crippen LogP contribution >= 0.6 is 22.3 Å². The highest BCUT2D eigenvalue weighted by atomic mass is 35.7. The third kappa shape index (κ3) is 2.21. The van der Waals surface area contributed by atoms with Crippen LogP contribution in [0.15, 0.2) is 39.9 Å². The molecule has 84 valence electrons. The molecule has 7 heteroatoms. The van der Waals surface area contributed by atoms with Gasteiger partial charge in [0, 0.05) is 22.3 Å². The van der Waals surface area contributed by atoms with Crippen LogP contribution in [0.25, 0.3) is 11.3 Å². The van der Waals surface area contributed by atoms with E-state index in [1.807, 2.05) is 0 Å². The molecule has 0 atom stereocenters. The quantitative estimate of drug-likeness (QED) is 0.792.